The molecule has 188 valence electrons. The number of sulfonamides is 1. The molecular formula is C26H27ClN4O3S2. The highest BCUT2D eigenvalue weighted by atomic mass is 35.5. The van der Waals surface area contributed by atoms with Gasteiger partial charge in [-0.25, -0.2) is 13.1 Å². The molecule has 2 heterocycles. The molecule has 4 aromatic rings. The minimum absolute atomic E-state index is 0.136. The van der Waals surface area contributed by atoms with Crippen LogP contribution < -0.4 is 14.5 Å². The molecule has 0 radical (unpaired) electrons. The maximum absolute atomic E-state index is 13.0. The molecule has 0 aliphatic carbocycles. The standard InChI is InChI=1S/C26H27ClN4O3S2/c1-29-12-14-30(15-13-29)22-8-4-19(5-9-22)17-28-36(33,34)23-10-11-24-25(16-23)35-26(32)31(24)18-20-2-6-21(27)7-3-20/h2-11,16,28H,12-15,17-18H2,1H3. The molecule has 1 aliphatic rings. The van der Waals surface area contributed by atoms with Gasteiger partial charge in [-0.1, -0.05) is 47.2 Å². The zero-order chi connectivity index (χ0) is 25.3. The number of piperazine rings is 1. The number of hydrogen-bond acceptors (Lipinski definition) is 6. The van der Waals surface area contributed by atoms with Gasteiger partial charge in [-0.15, -0.1) is 0 Å². The third-order valence-electron chi connectivity index (χ3n) is 6.48. The molecule has 0 atom stereocenters. The molecule has 5 rings (SSSR count). The van der Waals surface area contributed by atoms with E-state index in [0.29, 0.717) is 21.8 Å². The average Bonchev–Trinajstić information content (AvgIpc) is 3.19. The summed E-state index contributed by atoms with van der Waals surface area (Å²) in [5.74, 6) is 0. The Labute approximate surface area is 219 Å². The van der Waals surface area contributed by atoms with Gasteiger partial charge in [0.25, 0.3) is 0 Å². The van der Waals surface area contributed by atoms with Gasteiger partial charge in [0, 0.05) is 43.4 Å². The van der Waals surface area contributed by atoms with Crippen LogP contribution in [-0.2, 0) is 23.1 Å². The number of nitrogens with one attached hydrogen (secondary N) is 1. The molecule has 10 heteroatoms. The Kier molecular flexibility index (Phi) is 7.18. The fraction of sp³-hybridized carbons (Fsp3) is 0.269. The van der Waals surface area contributed by atoms with E-state index >= 15 is 0 Å². The normalized spacial score (nSPS) is 15.0. The first-order valence-electron chi connectivity index (χ1n) is 11.7. The summed E-state index contributed by atoms with van der Waals surface area (Å²) < 4.78 is 31.0. The van der Waals surface area contributed by atoms with Crippen LogP contribution in [0.2, 0.25) is 5.02 Å². The molecule has 0 amide bonds. The maximum atomic E-state index is 13.0. The molecule has 7 nitrogen and oxygen atoms in total. The molecule has 0 spiro atoms. The van der Waals surface area contributed by atoms with E-state index in [1.807, 2.05) is 36.4 Å². The van der Waals surface area contributed by atoms with E-state index in [-0.39, 0.29) is 16.3 Å². The van der Waals surface area contributed by atoms with Crippen molar-refractivity contribution in [1.82, 2.24) is 14.2 Å². The van der Waals surface area contributed by atoms with Gasteiger partial charge in [0.1, 0.15) is 0 Å². The number of benzene rings is 3. The molecule has 0 unspecified atom stereocenters. The van der Waals surface area contributed by atoms with Crippen molar-refractivity contribution in [3.63, 3.8) is 0 Å². The number of halogens is 1. The van der Waals surface area contributed by atoms with Crippen LogP contribution >= 0.6 is 22.9 Å². The molecule has 36 heavy (non-hydrogen) atoms. The first kappa shape index (κ1) is 25.0. The third-order valence-corrected chi connectivity index (χ3v) is 9.07. The number of nitrogens with zero attached hydrogens (tertiary/aromatic N) is 3. The average molecular weight is 543 g/mol. The Morgan fingerprint density at radius 3 is 2.28 bits per heavy atom. The van der Waals surface area contributed by atoms with E-state index in [0.717, 1.165) is 54.3 Å². The van der Waals surface area contributed by atoms with E-state index in [2.05, 4.69) is 21.6 Å². The van der Waals surface area contributed by atoms with Gasteiger partial charge in [0.05, 0.1) is 21.7 Å². The predicted molar refractivity (Wildman–Crippen MR) is 147 cm³/mol. The highest BCUT2D eigenvalue weighted by molar-refractivity contribution is 7.89. The summed E-state index contributed by atoms with van der Waals surface area (Å²) in [6.45, 7) is 4.62. The molecule has 1 aromatic heterocycles. The first-order valence-corrected chi connectivity index (χ1v) is 14.4. The van der Waals surface area contributed by atoms with Crippen molar-refractivity contribution in [3.8, 4) is 0 Å². The van der Waals surface area contributed by atoms with E-state index in [4.69, 9.17) is 11.6 Å². The van der Waals surface area contributed by atoms with Gasteiger partial charge < -0.3 is 9.80 Å². The van der Waals surface area contributed by atoms with Crippen molar-refractivity contribution >= 4 is 48.9 Å². The van der Waals surface area contributed by atoms with Gasteiger partial charge in [-0.3, -0.25) is 9.36 Å². The largest absolute Gasteiger partial charge is 0.369 e. The van der Waals surface area contributed by atoms with E-state index in [1.165, 1.54) is 0 Å². The van der Waals surface area contributed by atoms with Crippen LogP contribution in [0.1, 0.15) is 11.1 Å². The Hall–Kier alpha value is -2.69. The van der Waals surface area contributed by atoms with Gasteiger partial charge in [0.2, 0.25) is 10.0 Å². The lowest BCUT2D eigenvalue weighted by Gasteiger charge is -2.34. The molecule has 1 saturated heterocycles. The van der Waals surface area contributed by atoms with Crippen molar-refractivity contribution in [3.05, 3.63) is 92.5 Å². The summed E-state index contributed by atoms with van der Waals surface area (Å²) in [7, 11) is -1.61. The molecular weight excluding hydrogens is 516 g/mol. The zero-order valence-electron chi connectivity index (χ0n) is 19.9. The Morgan fingerprint density at radius 2 is 1.58 bits per heavy atom. The van der Waals surface area contributed by atoms with Crippen LogP contribution in [0.25, 0.3) is 10.2 Å². The fourth-order valence-electron chi connectivity index (χ4n) is 4.29. The van der Waals surface area contributed by atoms with Crippen molar-refractivity contribution < 1.29 is 8.42 Å². The minimum atomic E-state index is -3.74. The number of fused-ring (bicyclic) bond motifs is 1. The third kappa shape index (κ3) is 5.50. The van der Waals surface area contributed by atoms with Crippen LogP contribution in [0.15, 0.2) is 76.4 Å². The van der Waals surface area contributed by atoms with Crippen LogP contribution in [0.5, 0.6) is 0 Å². The summed E-state index contributed by atoms with van der Waals surface area (Å²) in [4.78, 5) is 17.3. The second-order valence-corrected chi connectivity index (χ2v) is 12.2. The van der Waals surface area contributed by atoms with Crippen LogP contribution in [0.4, 0.5) is 5.69 Å². The van der Waals surface area contributed by atoms with Crippen LogP contribution in [-0.4, -0.2) is 51.1 Å². The summed E-state index contributed by atoms with van der Waals surface area (Å²) in [6, 6.07) is 20.1. The van der Waals surface area contributed by atoms with Gasteiger partial charge in [-0.05, 0) is 60.6 Å². The number of thiazole rings is 1. The number of anilines is 1. The lowest BCUT2D eigenvalue weighted by atomic mass is 10.2. The van der Waals surface area contributed by atoms with Crippen LogP contribution in [0, 0.1) is 0 Å². The second-order valence-electron chi connectivity index (χ2n) is 8.99. The van der Waals surface area contributed by atoms with Crippen molar-refractivity contribution in [2.75, 3.05) is 38.1 Å². The second kappa shape index (κ2) is 10.4. The lowest BCUT2D eigenvalue weighted by Crippen LogP contribution is -2.44. The summed E-state index contributed by atoms with van der Waals surface area (Å²) in [5, 5.41) is 0.634. The maximum Gasteiger partial charge on any atom is 0.308 e. The number of aromatic nitrogens is 1. The molecule has 3 aromatic carbocycles. The first-order chi connectivity index (χ1) is 17.3. The predicted octanol–water partition coefficient (Wildman–Crippen LogP) is 4.00. The van der Waals surface area contributed by atoms with E-state index in [9.17, 15) is 13.2 Å². The van der Waals surface area contributed by atoms with Gasteiger partial charge >= 0.3 is 4.87 Å². The fourth-order valence-corrected chi connectivity index (χ4v) is 6.46. The zero-order valence-corrected chi connectivity index (χ0v) is 22.2. The Balaban J connectivity index is 1.28. The highest BCUT2D eigenvalue weighted by Crippen LogP contribution is 2.23. The van der Waals surface area contributed by atoms with Crippen molar-refractivity contribution in [1.29, 1.82) is 0 Å². The number of hydrogen-bond donors (Lipinski definition) is 1. The van der Waals surface area contributed by atoms with Crippen molar-refractivity contribution in [2.24, 2.45) is 0 Å². The smallest absolute Gasteiger partial charge is 0.308 e. The summed E-state index contributed by atoms with van der Waals surface area (Å²) in [5.41, 5.74) is 3.69. The van der Waals surface area contributed by atoms with E-state index in [1.54, 1.807) is 34.9 Å². The Morgan fingerprint density at radius 1 is 0.917 bits per heavy atom. The van der Waals surface area contributed by atoms with Gasteiger partial charge in [-0.2, -0.15) is 0 Å². The SMILES string of the molecule is CN1CCN(c2ccc(CNS(=O)(=O)c3ccc4c(c3)sc(=O)n4Cc3ccc(Cl)cc3)cc2)CC1. The minimum Gasteiger partial charge on any atom is -0.369 e. The lowest BCUT2D eigenvalue weighted by molar-refractivity contribution is 0.313. The molecule has 0 saturated carbocycles. The molecule has 1 aliphatic heterocycles. The Bertz CT molecular complexity index is 1520. The molecule has 0 bridgehead atoms. The van der Waals surface area contributed by atoms with Crippen molar-refractivity contribution in [2.45, 2.75) is 18.0 Å². The molecule has 1 fully saturated rings. The number of rotatable bonds is 7. The quantitative estimate of drug-likeness (QED) is 0.382. The number of likely N-dealkylation sites (N-methyl/N-ethyl adjacent to an activating group) is 1. The topological polar surface area (TPSA) is 74.7 Å². The highest BCUT2D eigenvalue weighted by Gasteiger charge is 2.18. The van der Waals surface area contributed by atoms with E-state index < -0.39 is 10.0 Å². The summed E-state index contributed by atoms with van der Waals surface area (Å²) >= 11 is 7.00. The summed E-state index contributed by atoms with van der Waals surface area (Å²) in [6.07, 6.45) is 0. The van der Waals surface area contributed by atoms with Gasteiger partial charge in [0.15, 0.2) is 0 Å². The van der Waals surface area contributed by atoms with Crippen LogP contribution in [0.3, 0.4) is 0 Å². The molecule has 1 N–H and O–H groups in total. The monoisotopic (exact) mass is 542 g/mol.